The second kappa shape index (κ2) is 5.24. The fourth-order valence-corrected chi connectivity index (χ4v) is 2.65. The van der Waals surface area contributed by atoms with Crippen molar-refractivity contribution in [1.29, 1.82) is 0 Å². The summed E-state index contributed by atoms with van der Waals surface area (Å²) in [4.78, 5) is 7.33. The fourth-order valence-electron chi connectivity index (χ4n) is 2.31. The van der Waals surface area contributed by atoms with E-state index in [-0.39, 0.29) is 0 Å². The van der Waals surface area contributed by atoms with Crippen molar-refractivity contribution in [2.45, 2.75) is 38.8 Å². The SMILES string of the molecule is Brc1cnc(CNCc2noc3c2CCCC3)[nH]1. The molecule has 2 heterocycles. The molecule has 0 aliphatic heterocycles. The topological polar surface area (TPSA) is 66.7 Å². The normalized spacial score (nSPS) is 14.7. The maximum absolute atomic E-state index is 5.37. The highest BCUT2D eigenvalue weighted by molar-refractivity contribution is 9.10. The summed E-state index contributed by atoms with van der Waals surface area (Å²) in [5.74, 6) is 2.00. The van der Waals surface area contributed by atoms with Crippen LogP contribution in [0.4, 0.5) is 0 Å². The van der Waals surface area contributed by atoms with E-state index in [0.717, 1.165) is 41.3 Å². The predicted molar refractivity (Wildman–Crippen MR) is 70.0 cm³/mol. The Kier molecular flexibility index (Phi) is 3.47. The average Bonchev–Trinajstić information content (AvgIpc) is 2.97. The minimum absolute atomic E-state index is 0.702. The first kappa shape index (κ1) is 11.9. The van der Waals surface area contributed by atoms with Gasteiger partial charge in [0.1, 0.15) is 21.9 Å². The maximum Gasteiger partial charge on any atom is 0.140 e. The van der Waals surface area contributed by atoms with Gasteiger partial charge < -0.3 is 14.8 Å². The number of hydrogen-bond donors (Lipinski definition) is 2. The monoisotopic (exact) mass is 310 g/mol. The highest BCUT2D eigenvalue weighted by Gasteiger charge is 2.18. The molecular weight excluding hydrogens is 296 g/mol. The van der Waals surface area contributed by atoms with E-state index in [0.29, 0.717) is 6.54 Å². The van der Waals surface area contributed by atoms with Crippen molar-refractivity contribution in [3.05, 3.63) is 33.6 Å². The molecule has 96 valence electrons. The van der Waals surface area contributed by atoms with Crippen LogP contribution in [0.2, 0.25) is 0 Å². The lowest BCUT2D eigenvalue weighted by Gasteiger charge is -2.09. The van der Waals surface area contributed by atoms with Gasteiger partial charge in [0.15, 0.2) is 0 Å². The molecule has 0 atom stereocenters. The lowest BCUT2D eigenvalue weighted by Crippen LogP contribution is -2.15. The first-order valence-electron chi connectivity index (χ1n) is 6.19. The summed E-state index contributed by atoms with van der Waals surface area (Å²) < 4.78 is 6.27. The molecule has 1 aliphatic rings. The Morgan fingerprint density at radius 1 is 1.33 bits per heavy atom. The molecule has 0 saturated carbocycles. The Bertz CT molecular complexity index is 534. The molecule has 0 fully saturated rings. The van der Waals surface area contributed by atoms with Gasteiger partial charge in [-0.15, -0.1) is 0 Å². The van der Waals surface area contributed by atoms with Crippen LogP contribution < -0.4 is 5.32 Å². The first-order valence-corrected chi connectivity index (χ1v) is 6.98. The number of nitrogens with zero attached hydrogens (tertiary/aromatic N) is 2. The predicted octanol–water partition coefficient (Wildman–Crippen LogP) is 2.33. The van der Waals surface area contributed by atoms with Crippen LogP contribution in [0, 0.1) is 0 Å². The number of rotatable bonds is 4. The van der Waals surface area contributed by atoms with Crippen LogP contribution in [0.3, 0.4) is 0 Å². The molecular formula is C12H15BrN4O. The third-order valence-electron chi connectivity index (χ3n) is 3.21. The van der Waals surface area contributed by atoms with Gasteiger partial charge in [0.05, 0.1) is 12.7 Å². The van der Waals surface area contributed by atoms with Crippen molar-refractivity contribution in [2.24, 2.45) is 0 Å². The van der Waals surface area contributed by atoms with E-state index in [1.54, 1.807) is 6.20 Å². The van der Waals surface area contributed by atoms with Crippen LogP contribution in [0.15, 0.2) is 15.3 Å². The molecule has 0 bridgehead atoms. The Hall–Kier alpha value is -1.14. The number of halogens is 1. The minimum Gasteiger partial charge on any atom is -0.361 e. The standard InChI is InChI=1S/C12H15BrN4O/c13-11-6-15-12(16-11)7-14-5-9-8-3-1-2-4-10(8)18-17-9/h6,14H,1-5,7H2,(H,15,16). The van der Waals surface area contributed by atoms with Gasteiger partial charge >= 0.3 is 0 Å². The molecule has 0 unspecified atom stereocenters. The number of hydrogen-bond acceptors (Lipinski definition) is 4. The van der Waals surface area contributed by atoms with E-state index in [1.165, 1.54) is 18.4 Å². The van der Waals surface area contributed by atoms with Gasteiger partial charge in [0.25, 0.3) is 0 Å². The van der Waals surface area contributed by atoms with Crippen LogP contribution >= 0.6 is 15.9 Å². The van der Waals surface area contributed by atoms with Crippen LogP contribution in [0.25, 0.3) is 0 Å². The number of imidazole rings is 1. The molecule has 0 spiro atoms. The summed E-state index contributed by atoms with van der Waals surface area (Å²) in [5, 5.41) is 7.49. The molecule has 0 amide bonds. The summed E-state index contributed by atoms with van der Waals surface area (Å²) in [6, 6.07) is 0. The molecule has 2 aromatic rings. The number of fused-ring (bicyclic) bond motifs is 1. The number of aromatic amines is 1. The molecule has 1 aliphatic carbocycles. The Morgan fingerprint density at radius 2 is 2.22 bits per heavy atom. The summed E-state index contributed by atoms with van der Waals surface area (Å²) in [6.45, 7) is 1.43. The third kappa shape index (κ3) is 2.49. The van der Waals surface area contributed by atoms with E-state index in [2.05, 4.69) is 36.4 Å². The zero-order valence-electron chi connectivity index (χ0n) is 10.0. The zero-order chi connectivity index (χ0) is 12.4. The molecule has 0 saturated heterocycles. The largest absolute Gasteiger partial charge is 0.361 e. The number of aryl methyl sites for hydroxylation is 1. The average molecular weight is 311 g/mol. The van der Waals surface area contributed by atoms with Crippen molar-refractivity contribution < 1.29 is 4.52 Å². The van der Waals surface area contributed by atoms with Gasteiger partial charge in [-0.1, -0.05) is 5.16 Å². The van der Waals surface area contributed by atoms with Gasteiger partial charge in [0.2, 0.25) is 0 Å². The van der Waals surface area contributed by atoms with E-state index >= 15 is 0 Å². The highest BCUT2D eigenvalue weighted by atomic mass is 79.9. The van der Waals surface area contributed by atoms with E-state index < -0.39 is 0 Å². The summed E-state index contributed by atoms with van der Waals surface area (Å²) >= 11 is 3.34. The molecule has 3 rings (SSSR count). The highest BCUT2D eigenvalue weighted by Crippen LogP contribution is 2.23. The van der Waals surface area contributed by atoms with Crippen molar-refractivity contribution in [1.82, 2.24) is 20.4 Å². The second-order valence-electron chi connectivity index (χ2n) is 4.52. The summed E-state index contributed by atoms with van der Waals surface area (Å²) in [5.41, 5.74) is 2.37. The van der Waals surface area contributed by atoms with Crippen LogP contribution in [-0.4, -0.2) is 15.1 Å². The lowest BCUT2D eigenvalue weighted by atomic mass is 9.96. The van der Waals surface area contributed by atoms with Crippen molar-refractivity contribution in [3.63, 3.8) is 0 Å². The van der Waals surface area contributed by atoms with Crippen LogP contribution in [0.5, 0.6) is 0 Å². The fraction of sp³-hybridized carbons (Fsp3) is 0.500. The molecule has 0 radical (unpaired) electrons. The Morgan fingerprint density at radius 3 is 3.06 bits per heavy atom. The number of aromatic nitrogens is 3. The third-order valence-corrected chi connectivity index (χ3v) is 3.62. The Balaban J connectivity index is 1.58. The summed E-state index contributed by atoms with van der Waals surface area (Å²) in [7, 11) is 0. The van der Waals surface area contributed by atoms with Gasteiger partial charge in [-0.25, -0.2) is 4.98 Å². The molecule has 18 heavy (non-hydrogen) atoms. The maximum atomic E-state index is 5.37. The zero-order valence-corrected chi connectivity index (χ0v) is 11.6. The van der Waals surface area contributed by atoms with E-state index in [1.807, 2.05) is 0 Å². The molecule has 2 aromatic heterocycles. The summed E-state index contributed by atoms with van der Waals surface area (Å²) in [6.07, 6.45) is 6.35. The second-order valence-corrected chi connectivity index (χ2v) is 5.37. The molecule has 6 heteroatoms. The van der Waals surface area contributed by atoms with E-state index in [4.69, 9.17) is 4.52 Å². The lowest BCUT2D eigenvalue weighted by molar-refractivity contribution is 0.366. The van der Waals surface area contributed by atoms with Crippen LogP contribution in [0.1, 0.15) is 35.7 Å². The van der Waals surface area contributed by atoms with Gasteiger partial charge in [-0.3, -0.25) is 0 Å². The van der Waals surface area contributed by atoms with Crippen molar-refractivity contribution >= 4 is 15.9 Å². The molecule has 0 aromatic carbocycles. The van der Waals surface area contributed by atoms with Gasteiger partial charge in [-0.05, 0) is 35.2 Å². The quantitative estimate of drug-likeness (QED) is 0.909. The van der Waals surface area contributed by atoms with Crippen molar-refractivity contribution in [2.75, 3.05) is 0 Å². The first-order chi connectivity index (χ1) is 8.83. The number of nitrogens with one attached hydrogen (secondary N) is 2. The smallest absolute Gasteiger partial charge is 0.140 e. The number of H-pyrrole nitrogens is 1. The Labute approximate surface area is 113 Å². The van der Waals surface area contributed by atoms with Gasteiger partial charge in [0, 0.05) is 18.5 Å². The molecule has 2 N–H and O–H groups in total. The van der Waals surface area contributed by atoms with E-state index in [9.17, 15) is 0 Å². The van der Waals surface area contributed by atoms with Crippen molar-refractivity contribution in [3.8, 4) is 0 Å². The minimum atomic E-state index is 0.702. The van der Waals surface area contributed by atoms with Crippen LogP contribution in [-0.2, 0) is 25.9 Å². The molecule has 5 nitrogen and oxygen atoms in total. The van der Waals surface area contributed by atoms with Gasteiger partial charge in [-0.2, -0.15) is 0 Å².